The number of hydrogen-bond donors (Lipinski definition) is 2. The van der Waals surface area contributed by atoms with E-state index < -0.39 is 5.82 Å². The van der Waals surface area contributed by atoms with Crippen LogP contribution in [-0.2, 0) is 11.2 Å². The average molecular weight is 259 g/mol. The van der Waals surface area contributed by atoms with Crippen LogP contribution in [0.3, 0.4) is 0 Å². The van der Waals surface area contributed by atoms with Gasteiger partial charge >= 0.3 is 0 Å². The summed E-state index contributed by atoms with van der Waals surface area (Å²) in [6, 6.07) is 10.9. The lowest BCUT2D eigenvalue weighted by atomic mass is 10.1. The second-order valence-electron chi connectivity index (χ2n) is 4.31. The van der Waals surface area contributed by atoms with Crippen molar-refractivity contribution < 1.29 is 14.3 Å². The summed E-state index contributed by atoms with van der Waals surface area (Å²) in [5.41, 5.74) is 1.77. The minimum atomic E-state index is -0.400. The van der Waals surface area contributed by atoms with E-state index in [1.165, 1.54) is 18.2 Å². The van der Waals surface area contributed by atoms with Gasteiger partial charge in [-0.3, -0.25) is 4.79 Å². The third-order valence-corrected chi connectivity index (χ3v) is 2.82. The van der Waals surface area contributed by atoms with Gasteiger partial charge in [0.15, 0.2) is 0 Å². The van der Waals surface area contributed by atoms with Crippen LogP contribution in [-0.4, -0.2) is 11.0 Å². The van der Waals surface area contributed by atoms with E-state index >= 15 is 0 Å². The molecule has 0 spiro atoms. The van der Waals surface area contributed by atoms with Gasteiger partial charge in [-0.15, -0.1) is 0 Å². The smallest absolute Gasteiger partial charge is 0.228 e. The summed E-state index contributed by atoms with van der Waals surface area (Å²) in [5, 5.41) is 12.2. The lowest BCUT2D eigenvalue weighted by Crippen LogP contribution is -2.15. The summed E-state index contributed by atoms with van der Waals surface area (Å²) >= 11 is 0. The molecule has 4 heteroatoms. The number of carbonyl (C=O) groups excluding carboxylic acids is 1. The third kappa shape index (κ3) is 3.31. The Morgan fingerprint density at radius 1 is 1.26 bits per heavy atom. The molecule has 0 aliphatic rings. The zero-order valence-electron chi connectivity index (χ0n) is 10.5. The number of aromatic hydroxyl groups is 1. The molecule has 0 aromatic heterocycles. The first kappa shape index (κ1) is 13.1. The van der Waals surface area contributed by atoms with Gasteiger partial charge in [-0.25, -0.2) is 4.39 Å². The Balaban J connectivity index is 2.10. The average Bonchev–Trinajstić information content (AvgIpc) is 2.37. The summed E-state index contributed by atoms with van der Waals surface area (Å²) in [6.45, 7) is 1.79. The fourth-order valence-electron chi connectivity index (χ4n) is 1.76. The molecular formula is C15H14FNO2. The van der Waals surface area contributed by atoms with Gasteiger partial charge in [-0.05, 0) is 30.7 Å². The third-order valence-electron chi connectivity index (χ3n) is 2.82. The zero-order valence-corrected chi connectivity index (χ0v) is 10.5. The number of hydrogen-bond acceptors (Lipinski definition) is 2. The Hall–Kier alpha value is -2.36. The van der Waals surface area contributed by atoms with Gasteiger partial charge in [-0.1, -0.05) is 24.3 Å². The molecular weight excluding hydrogens is 245 g/mol. The summed E-state index contributed by atoms with van der Waals surface area (Å²) in [7, 11) is 0. The van der Waals surface area contributed by atoms with E-state index in [1.807, 2.05) is 0 Å². The van der Waals surface area contributed by atoms with Crippen LogP contribution in [0.2, 0.25) is 0 Å². The highest BCUT2D eigenvalue weighted by atomic mass is 19.1. The number of amides is 1. The Kier molecular flexibility index (Phi) is 3.80. The molecule has 3 nitrogen and oxygen atoms in total. The van der Waals surface area contributed by atoms with Crippen molar-refractivity contribution in [1.82, 2.24) is 0 Å². The zero-order chi connectivity index (χ0) is 13.8. The molecule has 0 saturated heterocycles. The Morgan fingerprint density at radius 3 is 2.74 bits per heavy atom. The minimum absolute atomic E-state index is 0.0443. The quantitative estimate of drug-likeness (QED) is 0.890. The largest absolute Gasteiger partial charge is 0.508 e. The van der Waals surface area contributed by atoms with Crippen molar-refractivity contribution in [2.75, 3.05) is 5.32 Å². The lowest BCUT2D eigenvalue weighted by Gasteiger charge is -2.09. The molecule has 98 valence electrons. The molecule has 2 rings (SSSR count). The van der Waals surface area contributed by atoms with E-state index in [2.05, 4.69) is 5.32 Å². The molecule has 2 N–H and O–H groups in total. The number of aryl methyl sites for hydroxylation is 1. The van der Waals surface area contributed by atoms with Crippen molar-refractivity contribution in [3.05, 3.63) is 59.4 Å². The van der Waals surface area contributed by atoms with Gasteiger partial charge < -0.3 is 10.4 Å². The predicted molar refractivity (Wildman–Crippen MR) is 71.6 cm³/mol. The van der Waals surface area contributed by atoms with E-state index in [0.717, 1.165) is 5.56 Å². The normalized spacial score (nSPS) is 10.2. The fraction of sp³-hybridized carbons (Fsp3) is 0.133. The van der Waals surface area contributed by atoms with E-state index in [0.29, 0.717) is 11.3 Å². The number of halogens is 1. The molecule has 2 aromatic rings. The first-order valence-corrected chi connectivity index (χ1v) is 5.89. The Bertz CT molecular complexity index is 611. The SMILES string of the molecule is Cc1ccc(F)cc1NC(=O)Cc1ccccc1O. The van der Waals surface area contributed by atoms with Crippen LogP contribution in [0, 0.1) is 12.7 Å². The highest BCUT2D eigenvalue weighted by Crippen LogP contribution is 2.19. The minimum Gasteiger partial charge on any atom is -0.508 e. The molecule has 0 aliphatic carbocycles. The molecule has 0 aliphatic heterocycles. The first-order valence-electron chi connectivity index (χ1n) is 5.89. The van der Waals surface area contributed by atoms with E-state index in [9.17, 15) is 14.3 Å². The van der Waals surface area contributed by atoms with E-state index in [4.69, 9.17) is 0 Å². The highest BCUT2D eigenvalue weighted by molar-refractivity contribution is 5.93. The second-order valence-corrected chi connectivity index (χ2v) is 4.31. The Labute approximate surface area is 110 Å². The van der Waals surface area contributed by atoms with Crippen molar-refractivity contribution in [2.24, 2.45) is 0 Å². The summed E-state index contributed by atoms with van der Waals surface area (Å²) < 4.78 is 13.1. The van der Waals surface area contributed by atoms with Crippen molar-refractivity contribution in [1.29, 1.82) is 0 Å². The number of anilines is 1. The number of para-hydroxylation sites is 1. The summed E-state index contributed by atoms with van der Waals surface area (Å²) in [4.78, 5) is 11.9. The van der Waals surface area contributed by atoms with Gasteiger partial charge in [0.25, 0.3) is 0 Å². The van der Waals surface area contributed by atoms with Crippen LogP contribution in [0.15, 0.2) is 42.5 Å². The Morgan fingerprint density at radius 2 is 2.00 bits per heavy atom. The van der Waals surface area contributed by atoms with Crippen LogP contribution in [0.5, 0.6) is 5.75 Å². The van der Waals surface area contributed by atoms with Crippen LogP contribution in [0.4, 0.5) is 10.1 Å². The topological polar surface area (TPSA) is 49.3 Å². The van der Waals surface area contributed by atoms with Crippen molar-refractivity contribution in [2.45, 2.75) is 13.3 Å². The van der Waals surface area contributed by atoms with Crippen LogP contribution >= 0.6 is 0 Å². The van der Waals surface area contributed by atoms with Gasteiger partial charge in [-0.2, -0.15) is 0 Å². The maximum Gasteiger partial charge on any atom is 0.228 e. The number of carbonyl (C=O) groups is 1. The van der Waals surface area contributed by atoms with Crippen LogP contribution in [0.1, 0.15) is 11.1 Å². The van der Waals surface area contributed by atoms with E-state index in [1.54, 1.807) is 31.2 Å². The van der Waals surface area contributed by atoms with Crippen molar-refractivity contribution in [3.8, 4) is 5.75 Å². The molecule has 0 atom stereocenters. The summed E-state index contributed by atoms with van der Waals surface area (Å²) in [5.74, 6) is -0.618. The van der Waals surface area contributed by atoms with Gasteiger partial charge in [0.1, 0.15) is 11.6 Å². The highest BCUT2D eigenvalue weighted by Gasteiger charge is 2.09. The van der Waals surface area contributed by atoms with Crippen molar-refractivity contribution in [3.63, 3.8) is 0 Å². The van der Waals surface area contributed by atoms with Crippen LogP contribution < -0.4 is 5.32 Å². The van der Waals surface area contributed by atoms with Gasteiger partial charge in [0, 0.05) is 11.3 Å². The molecule has 2 aromatic carbocycles. The molecule has 0 fully saturated rings. The number of nitrogens with one attached hydrogen (secondary N) is 1. The maximum absolute atomic E-state index is 13.1. The van der Waals surface area contributed by atoms with Crippen molar-refractivity contribution >= 4 is 11.6 Å². The molecule has 19 heavy (non-hydrogen) atoms. The maximum atomic E-state index is 13.1. The summed E-state index contributed by atoms with van der Waals surface area (Å²) in [6.07, 6.45) is 0.0443. The molecule has 0 radical (unpaired) electrons. The standard InChI is InChI=1S/C15H14FNO2/c1-10-6-7-12(16)9-13(10)17-15(19)8-11-4-2-3-5-14(11)18/h2-7,9,18H,8H2,1H3,(H,17,19). The second kappa shape index (κ2) is 5.52. The number of phenols is 1. The first-order chi connectivity index (χ1) is 9.06. The molecule has 0 bridgehead atoms. The number of rotatable bonds is 3. The van der Waals surface area contributed by atoms with Gasteiger partial charge in [0.05, 0.1) is 6.42 Å². The molecule has 0 saturated carbocycles. The fourth-order valence-corrected chi connectivity index (χ4v) is 1.76. The number of phenolic OH excluding ortho intramolecular Hbond substituents is 1. The predicted octanol–water partition coefficient (Wildman–Crippen LogP) is 3.02. The molecule has 1 amide bonds. The van der Waals surface area contributed by atoms with Gasteiger partial charge in [0.2, 0.25) is 5.91 Å². The molecule has 0 heterocycles. The number of benzene rings is 2. The lowest BCUT2D eigenvalue weighted by molar-refractivity contribution is -0.115. The monoisotopic (exact) mass is 259 g/mol. The molecule has 0 unspecified atom stereocenters. The van der Waals surface area contributed by atoms with E-state index in [-0.39, 0.29) is 18.1 Å². The van der Waals surface area contributed by atoms with Crippen LogP contribution in [0.25, 0.3) is 0 Å².